The number of nitro benzene ring substituents is 1. The molecular weight excluding hydrogens is 392 g/mol. The summed E-state index contributed by atoms with van der Waals surface area (Å²) in [5.41, 5.74) is 2.76. The van der Waals surface area contributed by atoms with E-state index in [9.17, 15) is 14.9 Å². The van der Waals surface area contributed by atoms with Crippen LogP contribution >= 0.6 is 0 Å². The molecule has 1 saturated heterocycles. The van der Waals surface area contributed by atoms with E-state index in [0.29, 0.717) is 12.2 Å². The minimum Gasteiger partial charge on any atom is -0.357 e. The number of anilines is 2. The van der Waals surface area contributed by atoms with Crippen LogP contribution in [0, 0.1) is 10.1 Å². The fourth-order valence-electron chi connectivity index (χ4n) is 3.87. The predicted octanol–water partition coefficient (Wildman–Crippen LogP) is 3.92. The fraction of sp³-hybridized carbons (Fsp3) is 0.208. The van der Waals surface area contributed by atoms with Crippen LogP contribution in [-0.4, -0.2) is 41.4 Å². The van der Waals surface area contributed by atoms with E-state index >= 15 is 0 Å². The van der Waals surface area contributed by atoms with Gasteiger partial charge in [0.1, 0.15) is 6.04 Å². The Bertz CT molecular complexity index is 1030. The standard InChI is InChI=1S/C24H24N4O3/c29-24(25-20-11-13-22(14-12-20)28(30)31)23-18-26(17-19-7-3-1-4-8-19)15-16-27(23)21-9-5-2-6-10-21/h1-14,23H,15-18H2,(H,25,29). The molecule has 1 amide bonds. The van der Waals surface area contributed by atoms with Gasteiger partial charge in [-0.3, -0.25) is 19.8 Å². The molecule has 1 N–H and O–H groups in total. The van der Waals surface area contributed by atoms with E-state index in [1.165, 1.54) is 17.7 Å². The van der Waals surface area contributed by atoms with Gasteiger partial charge in [-0.15, -0.1) is 0 Å². The Morgan fingerprint density at radius 3 is 2.23 bits per heavy atom. The molecule has 7 nitrogen and oxygen atoms in total. The average Bonchev–Trinajstić information content (AvgIpc) is 2.80. The Balaban J connectivity index is 1.52. The van der Waals surface area contributed by atoms with Crippen molar-refractivity contribution in [2.24, 2.45) is 0 Å². The van der Waals surface area contributed by atoms with Crippen LogP contribution in [0.4, 0.5) is 17.1 Å². The van der Waals surface area contributed by atoms with Gasteiger partial charge in [0.2, 0.25) is 5.91 Å². The summed E-state index contributed by atoms with van der Waals surface area (Å²) in [6.45, 7) is 2.95. The second-order valence-corrected chi connectivity index (χ2v) is 7.56. The first-order valence-corrected chi connectivity index (χ1v) is 10.2. The van der Waals surface area contributed by atoms with E-state index in [1.54, 1.807) is 12.1 Å². The van der Waals surface area contributed by atoms with Gasteiger partial charge in [-0.2, -0.15) is 0 Å². The van der Waals surface area contributed by atoms with Crippen molar-refractivity contribution < 1.29 is 9.72 Å². The number of rotatable bonds is 6. The summed E-state index contributed by atoms with van der Waals surface area (Å²) in [7, 11) is 0. The molecule has 3 aromatic carbocycles. The van der Waals surface area contributed by atoms with Crippen molar-refractivity contribution in [2.75, 3.05) is 29.9 Å². The zero-order chi connectivity index (χ0) is 21.6. The van der Waals surface area contributed by atoms with Gasteiger partial charge in [0.15, 0.2) is 0 Å². The van der Waals surface area contributed by atoms with Gasteiger partial charge < -0.3 is 10.2 Å². The van der Waals surface area contributed by atoms with E-state index in [2.05, 4.69) is 27.2 Å². The van der Waals surface area contributed by atoms with Crippen LogP contribution in [0.2, 0.25) is 0 Å². The topological polar surface area (TPSA) is 78.7 Å². The van der Waals surface area contributed by atoms with E-state index < -0.39 is 4.92 Å². The molecule has 1 aliphatic heterocycles. The normalized spacial score (nSPS) is 16.6. The zero-order valence-corrected chi connectivity index (χ0v) is 17.1. The molecule has 1 atom stereocenters. The van der Waals surface area contributed by atoms with Gasteiger partial charge in [0, 0.05) is 49.7 Å². The molecule has 1 unspecified atom stereocenters. The molecule has 1 aliphatic rings. The fourth-order valence-corrected chi connectivity index (χ4v) is 3.87. The summed E-state index contributed by atoms with van der Waals surface area (Å²) < 4.78 is 0. The molecule has 0 radical (unpaired) electrons. The van der Waals surface area contributed by atoms with Gasteiger partial charge in [-0.25, -0.2) is 0 Å². The third-order valence-electron chi connectivity index (χ3n) is 5.45. The molecule has 0 spiro atoms. The molecule has 1 heterocycles. The Kier molecular flexibility index (Phi) is 6.24. The molecule has 31 heavy (non-hydrogen) atoms. The minimum atomic E-state index is -0.453. The SMILES string of the molecule is O=C(Nc1ccc([N+](=O)[O-])cc1)C1CN(Cc2ccccc2)CCN1c1ccccc1. The second kappa shape index (κ2) is 9.40. The Morgan fingerprint density at radius 2 is 1.58 bits per heavy atom. The molecule has 0 aromatic heterocycles. The van der Waals surface area contributed by atoms with E-state index in [4.69, 9.17) is 0 Å². The van der Waals surface area contributed by atoms with Crippen molar-refractivity contribution in [2.45, 2.75) is 12.6 Å². The number of non-ortho nitro benzene ring substituents is 1. The van der Waals surface area contributed by atoms with Crippen molar-refractivity contribution in [1.82, 2.24) is 4.90 Å². The smallest absolute Gasteiger partial charge is 0.269 e. The van der Waals surface area contributed by atoms with E-state index in [0.717, 1.165) is 25.3 Å². The van der Waals surface area contributed by atoms with Gasteiger partial charge >= 0.3 is 0 Å². The number of benzene rings is 3. The highest BCUT2D eigenvalue weighted by atomic mass is 16.6. The summed E-state index contributed by atoms with van der Waals surface area (Å²) in [5, 5.41) is 13.8. The van der Waals surface area contributed by atoms with Crippen molar-refractivity contribution in [3.8, 4) is 0 Å². The molecule has 0 bridgehead atoms. The summed E-state index contributed by atoms with van der Waals surface area (Å²) in [5.74, 6) is -0.129. The summed E-state index contributed by atoms with van der Waals surface area (Å²) in [4.78, 5) is 28.1. The number of hydrogen-bond donors (Lipinski definition) is 1. The highest BCUT2D eigenvalue weighted by molar-refractivity contribution is 5.97. The quantitative estimate of drug-likeness (QED) is 0.487. The van der Waals surface area contributed by atoms with Crippen LogP contribution in [0.25, 0.3) is 0 Å². The number of carbonyl (C=O) groups excluding carboxylic acids is 1. The molecule has 0 aliphatic carbocycles. The highest BCUT2D eigenvalue weighted by Crippen LogP contribution is 2.23. The predicted molar refractivity (Wildman–Crippen MR) is 121 cm³/mol. The number of carbonyl (C=O) groups is 1. The Hall–Kier alpha value is -3.71. The van der Waals surface area contributed by atoms with E-state index in [-0.39, 0.29) is 17.6 Å². The van der Waals surface area contributed by atoms with Crippen molar-refractivity contribution in [3.05, 3.63) is 101 Å². The van der Waals surface area contributed by atoms with Crippen molar-refractivity contribution in [3.63, 3.8) is 0 Å². The molecule has 0 saturated carbocycles. The number of hydrogen-bond acceptors (Lipinski definition) is 5. The lowest BCUT2D eigenvalue weighted by atomic mass is 10.1. The summed E-state index contributed by atoms with van der Waals surface area (Å²) in [6, 6.07) is 25.7. The first-order valence-electron chi connectivity index (χ1n) is 10.2. The maximum atomic E-state index is 13.3. The van der Waals surface area contributed by atoms with Gasteiger partial charge in [-0.05, 0) is 29.8 Å². The van der Waals surface area contributed by atoms with Crippen LogP contribution in [0.5, 0.6) is 0 Å². The number of piperazine rings is 1. The van der Waals surface area contributed by atoms with Crippen LogP contribution in [0.15, 0.2) is 84.9 Å². The zero-order valence-electron chi connectivity index (χ0n) is 17.1. The second-order valence-electron chi connectivity index (χ2n) is 7.56. The molecule has 4 rings (SSSR count). The minimum absolute atomic E-state index is 0.00406. The maximum Gasteiger partial charge on any atom is 0.269 e. The summed E-state index contributed by atoms with van der Waals surface area (Å²) in [6.07, 6.45) is 0. The van der Waals surface area contributed by atoms with Crippen molar-refractivity contribution >= 4 is 23.0 Å². The Morgan fingerprint density at radius 1 is 0.935 bits per heavy atom. The van der Waals surface area contributed by atoms with Crippen molar-refractivity contribution in [1.29, 1.82) is 0 Å². The number of nitrogens with one attached hydrogen (secondary N) is 1. The number of amides is 1. The largest absolute Gasteiger partial charge is 0.357 e. The molecule has 3 aromatic rings. The van der Waals surface area contributed by atoms with E-state index in [1.807, 2.05) is 48.5 Å². The number of nitrogens with zero attached hydrogens (tertiary/aromatic N) is 3. The third kappa shape index (κ3) is 5.07. The number of nitro groups is 1. The molecular formula is C24H24N4O3. The highest BCUT2D eigenvalue weighted by Gasteiger charge is 2.32. The first kappa shape index (κ1) is 20.6. The Labute approximate surface area is 181 Å². The summed E-state index contributed by atoms with van der Waals surface area (Å²) >= 11 is 0. The average molecular weight is 416 g/mol. The van der Waals surface area contributed by atoms with Gasteiger partial charge in [0.05, 0.1) is 4.92 Å². The third-order valence-corrected chi connectivity index (χ3v) is 5.45. The number of para-hydroxylation sites is 1. The lowest BCUT2D eigenvalue weighted by molar-refractivity contribution is -0.384. The maximum absolute atomic E-state index is 13.3. The monoisotopic (exact) mass is 416 g/mol. The van der Waals surface area contributed by atoms with Crippen LogP contribution in [-0.2, 0) is 11.3 Å². The molecule has 1 fully saturated rings. The molecule has 7 heteroatoms. The molecule has 158 valence electrons. The lowest BCUT2D eigenvalue weighted by Gasteiger charge is -2.42. The van der Waals surface area contributed by atoms with Crippen LogP contribution < -0.4 is 10.2 Å². The van der Waals surface area contributed by atoms with Crippen LogP contribution in [0.3, 0.4) is 0 Å². The van der Waals surface area contributed by atoms with Gasteiger partial charge in [-0.1, -0.05) is 48.5 Å². The first-order chi connectivity index (χ1) is 15.1. The van der Waals surface area contributed by atoms with Gasteiger partial charge in [0.25, 0.3) is 5.69 Å². The lowest BCUT2D eigenvalue weighted by Crippen LogP contribution is -2.57. The van der Waals surface area contributed by atoms with Crippen LogP contribution in [0.1, 0.15) is 5.56 Å².